The van der Waals surface area contributed by atoms with E-state index >= 15 is 0 Å². The summed E-state index contributed by atoms with van der Waals surface area (Å²) in [5.74, 6) is 0. The van der Waals surface area contributed by atoms with Crippen molar-refractivity contribution < 1.29 is 18.3 Å². The van der Waals surface area contributed by atoms with Gasteiger partial charge in [-0.05, 0) is 48.4 Å². The van der Waals surface area contributed by atoms with E-state index in [1.54, 1.807) is 30.4 Å². The maximum Gasteiger partial charge on any atom is 0.416 e. The van der Waals surface area contributed by atoms with Crippen LogP contribution < -0.4 is 0 Å². The van der Waals surface area contributed by atoms with Crippen LogP contribution in [-0.2, 0) is 12.7 Å². The van der Waals surface area contributed by atoms with E-state index in [1.165, 1.54) is 10.7 Å². The smallest absolute Gasteiger partial charge is 0.396 e. The summed E-state index contributed by atoms with van der Waals surface area (Å²) in [6, 6.07) is 8.48. The molecule has 0 unspecified atom stereocenters. The zero-order valence-corrected chi connectivity index (χ0v) is 15.5. The van der Waals surface area contributed by atoms with Crippen molar-refractivity contribution in [2.24, 2.45) is 0 Å². The number of aliphatic hydroxyl groups excluding tert-OH is 1. The van der Waals surface area contributed by atoms with E-state index in [1.807, 2.05) is 0 Å². The van der Waals surface area contributed by atoms with Crippen LogP contribution in [0.4, 0.5) is 13.2 Å². The molecule has 0 aliphatic carbocycles. The predicted octanol–water partition coefficient (Wildman–Crippen LogP) is 5.81. The predicted molar refractivity (Wildman–Crippen MR) is 101 cm³/mol. The summed E-state index contributed by atoms with van der Waals surface area (Å²) >= 11 is 12.1. The molecule has 0 spiro atoms. The molecule has 3 rings (SSSR count). The third-order valence-electron chi connectivity index (χ3n) is 4.01. The Labute approximate surface area is 163 Å². The van der Waals surface area contributed by atoms with Crippen LogP contribution in [0, 0.1) is 0 Å². The third-order valence-corrected chi connectivity index (χ3v) is 4.60. The lowest BCUT2D eigenvalue weighted by Crippen LogP contribution is -2.06. The van der Waals surface area contributed by atoms with E-state index in [2.05, 4.69) is 5.10 Å². The van der Waals surface area contributed by atoms with Gasteiger partial charge in [-0.15, -0.1) is 0 Å². The molecule has 1 aromatic heterocycles. The van der Waals surface area contributed by atoms with Gasteiger partial charge in [0.1, 0.15) is 0 Å². The maximum absolute atomic E-state index is 13.1. The summed E-state index contributed by atoms with van der Waals surface area (Å²) in [5.41, 5.74) is 0.815. The van der Waals surface area contributed by atoms with Crippen molar-refractivity contribution in [1.82, 2.24) is 9.78 Å². The third kappa shape index (κ3) is 4.46. The van der Waals surface area contributed by atoms with Gasteiger partial charge in [-0.1, -0.05) is 35.3 Å². The monoisotopic (exact) mass is 414 g/mol. The molecule has 8 heteroatoms. The van der Waals surface area contributed by atoms with Crippen molar-refractivity contribution in [3.05, 3.63) is 69.3 Å². The number of aromatic nitrogens is 2. The molecule has 3 nitrogen and oxygen atoms in total. The van der Waals surface area contributed by atoms with Crippen LogP contribution >= 0.6 is 23.2 Å². The number of benzene rings is 2. The lowest BCUT2D eigenvalue weighted by molar-refractivity contribution is -0.137. The molecule has 0 bridgehead atoms. The first-order chi connectivity index (χ1) is 12.8. The van der Waals surface area contributed by atoms with Crippen LogP contribution in [-0.4, -0.2) is 21.5 Å². The summed E-state index contributed by atoms with van der Waals surface area (Å²) in [6.07, 6.45) is -0.614. The number of halogens is 5. The van der Waals surface area contributed by atoms with Crippen LogP contribution in [0.5, 0.6) is 0 Å². The summed E-state index contributed by atoms with van der Waals surface area (Å²) in [4.78, 5) is 0. The SMILES string of the molecule is OCC/C=C/c1nn(Cc2ccc(Cl)cc2Cl)c2cc(C(F)(F)F)ccc12. The molecular weight excluding hydrogens is 400 g/mol. The van der Waals surface area contributed by atoms with Crippen LogP contribution in [0.2, 0.25) is 10.0 Å². The van der Waals surface area contributed by atoms with Crippen molar-refractivity contribution in [2.75, 3.05) is 6.61 Å². The summed E-state index contributed by atoms with van der Waals surface area (Å²) in [7, 11) is 0. The molecule has 27 heavy (non-hydrogen) atoms. The lowest BCUT2D eigenvalue weighted by atomic mass is 10.1. The Morgan fingerprint density at radius 1 is 1.11 bits per heavy atom. The van der Waals surface area contributed by atoms with Crippen molar-refractivity contribution in [3.8, 4) is 0 Å². The van der Waals surface area contributed by atoms with E-state index in [4.69, 9.17) is 28.3 Å². The van der Waals surface area contributed by atoms with Crippen LogP contribution in [0.3, 0.4) is 0 Å². The van der Waals surface area contributed by atoms with Gasteiger partial charge in [-0.25, -0.2) is 0 Å². The molecule has 142 valence electrons. The minimum atomic E-state index is -4.45. The fourth-order valence-corrected chi connectivity index (χ4v) is 3.17. The molecule has 0 saturated heterocycles. The number of hydrogen-bond acceptors (Lipinski definition) is 2. The Balaban J connectivity index is 2.11. The number of alkyl halides is 3. The highest BCUT2D eigenvalue weighted by atomic mass is 35.5. The van der Waals surface area contributed by atoms with Gasteiger partial charge in [0.15, 0.2) is 0 Å². The van der Waals surface area contributed by atoms with Crippen LogP contribution in [0.15, 0.2) is 42.5 Å². The van der Waals surface area contributed by atoms with Gasteiger partial charge in [-0.2, -0.15) is 18.3 Å². The first kappa shape index (κ1) is 19.7. The van der Waals surface area contributed by atoms with Gasteiger partial charge in [0, 0.05) is 22.0 Å². The van der Waals surface area contributed by atoms with E-state index in [9.17, 15) is 13.2 Å². The fraction of sp³-hybridized carbons (Fsp3) is 0.211. The number of nitrogens with zero attached hydrogens (tertiary/aromatic N) is 2. The summed E-state index contributed by atoms with van der Waals surface area (Å²) in [6.45, 7) is 0.176. The Kier molecular flexibility index (Phi) is 5.79. The molecule has 2 aromatic carbocycles. The minimum Gasteiger partial charge on any atom is -0.396 e. The molecule has 0 amide bonds. The van der Waals surface area contributed by atoms with Crippen molar-refractivity contribution in [1.29, 1.82) is 0 Å². The first-order valence-electron chi connectivity index (χ1n) is 8.08. The molecule has 0 aliphatic heterocycles. The molecule has 0 saturated carbocycles. The van der Waals surface area contributed by atoms with Crippen LogP contribution in [0.25, 0.3) is 17.0 Å². The van der Waals surface area contributed by atoms with Crippen LogP contribution in [0.1, 0.15) is 23.2 Å². The zero-order valence-electron chi connectivity index (χ0n) is 14.0. The number of aliphatic hydroxyl groups is 1. The maximum atomic E-state index is 13.1. The molecule has 0 radical (unpaired) electrons. The van der Waals surface area contributed by atoms with Gasteiger partial charge in [0.2, 0.25) is 0 Å². The summed E-state index contributed by atoms with van der Waals surface area (Å²) in [5, 5.41) is 14.8. The number of fused-ring (bicyclic) bond motifs is 1. The van der Waals surface area contributed by atoms with Crippen molar-refractivity contribution in [2.45, 2.75) is 19.1 Å². The van der Waals surface area contributed by atoms with Gasteiger partial charge in [0.25, 0.3) is 0 Å². The minimum absolute atomic E-state index is 0.0201. The highest BCUT2D eigenvalue weighted by molar-refractivity contribution is 6.35. The van der Waals surface area contributed by atoms with E-state index in [-0.39, 0.29) is 13.2 Å². The van der Waals surface area contributed by atoms with Gasteiger partial charge in [-0.3, -0.25) is 4.68 Å². The molecular formula is C19H15Cl2F3N2O. The zero-order chi connectivity index (χ0) is 19.6. The van der Waals surface area contributed by atoms with E-state index < -0.39 is 11.7 Å². The number of rotatable bonds is 5. The lowest BCUT2D eigenvalue weighted by Gasteiger charge is -2.09. The average molecular weight is 415 g/mol. The molecule has 0 aliphatic rings. The molecule has 1 heterocycles. The Bertz CT molecular complexity index is 997. The van der Waals surface area contributed by atoms with Gasteiger partial charge in [0.05, 0.1) is 23.3 Å². The second-order valence-electron chi connectivity index (χ2n) is 5.92. The standard InChI is InChI=1S/C19H15Cl2F3N2O/c20-14-6-4-12(16(21)10-14)11-26-18-9-13(19(22,23)24)5-7-15(18)17(25-26)3-1-2-8-27/h1,3-7,9-10,27H,2,8,11H2/b3-1+. The highest BCUT2D eigenvalue weighted by Crippen LogP contribution is 2.33. The highest BCUT2D eigenvalue weighted by Gasteiger charge is 2.31. The van der Waals surface area contributed by atoms with Gasteiger partial charge >= 0.3 is 6.18 Å². The largest absolute Gasteiger partial charge is 0.416 e. The Morgan fingerprint density at radius 3 is 2.56 bits per heavy atom. The Morgan fingerprint density at radius 2 is 1.89 bits per heavy atom. The fourth-order valence-electron chi connectivity index (χ4n) is 2.70. The molecule has 0 atom stereocenters. The molecule has 3 aromatic rings. The normalized spacial score (nSPS) is 12.4. The molecule has 0 fully saturated rings. The van der Waals surface area contributed by atoms with E-state index in [0.29, 0.717) is 38.6 Å². The van der Waals surface area contributed by atoms with Gasteiger partial charge < -0.3 is 5.11 Å². The quantitative estimate of drug-likeness (QED) is 0.572. The second kappa shape index (κ2) is 7.92. The van der Waals surface area contributed by atoms with E-state index in [0.717, 1.165) is 12.1 Å². The second-order valence-corrected chi connectivity index (χ2v) is 6.77. The molecule has 1 N–H and O–H groups in total. The Hall–Kier alpha value is -2.02. The topological polar surface area (TPSA) is 38.1 Å². The average Bonchev–Trinajstić information content (AvgIpc) is 2.94. The van der Waals surface area contributed by atoms with Crippen molar-refractivity contribution in [3.63, 3.8) is 0 Å². The first-order valence-corrected chi connectivity index (χ1v) is 8.84. The number of hydrogen-bond donors (Lipinski definition) is 1. The van der Waals surface area contributed by atoms with Crippen molar-refractivity contribution >= 4 is 40.2 Å². The summed E-state index contributed by atoms with van der Waals surface area (Å²) < 4.78 is 40.9.